The van der Waals surface area contributed by atoms with E-state index < -0.39 is 0 Å². The number of hydrogen-bond donors (Lipinski definition) is 1. The van der Waals surface area contributed by atoms with Gasteiger partial charge in [0, 0.05) is 38.4 Å². The lowest BCUT2D eigenvalue weighted by Gasteiger charge is -2.25. The van der Waals surface area contributed by atoms with Gasteiger partial charge in [0.15, 0.2) is 0 Å². The molecule has 1 saturated heterocycles. The average molecular weight is 396 g/mol. The second kappa shape index (κ2) is 8.41. The third-order valence-electron chi connectivity index (χ3n) is 5.86. The number of pyridine rings is 1. The minimum Gasteiger partial charge on any atom is -0.491 e. The van der Waals surface area contributed by atoms with E-state index in [1.807, 2.05) is 25.3 Å². The molecule has 1 fully saturated rings. The van der Waals surface area contributed by atoms with Crippen LogP contribution in [0.25, 0.3) is 11.1 Å². The molecule has 4 rings (SSSR count). The number of nitrogens with zero attached hydrogens (tertiary/aromatic N) is 1. The summed E-state index contributed by atoms with van der Waals surface area (Å²) in [4.78, 5) is 24.3. The van der Waals surface area contributed by atoms with Gasteiger partial charge in [0.25, 0.3) is 5.56 Å². The van der Waals surface area contributed by atoms with E-state index in [1.165, 1.54) is 0 Å². The van der Waals surface area contributed by atoms with Crippen LogP contribution in [0.1, 0.15) is 37.3 Å². The molecular formula is C23H28N2O4. The molecule has 0 spiro atoms. The number of nitrogens with one attached hydrogen (secondary N) is 1. The smallest absolute Gasteiger partial charge is 0.253 e. The third kappa shape index (κ3) is 4.22. The summed E-state index contributed by atoms with van der Waals surface area (Å²) in [5, 5.41) is 2.99. The monoisotopic (exact) mass is 396 g/mol. The maximum atomic E-state index is 12.3. The van der Waals surface area contributed by atoms with E-state index >= 15 is 0 Å². The molecule has 6 heteroatoms. The van der Waals surface area contributed by atoms with Crippen LogP contribution >= 0.6 is 0 Å². The fourth-order valence-electron chi connectivity index (χ4n) is 4.06. The second-order valence-electron chi connectivity index (χ2n) is 7.95. The van der Waals surface area contributed by atoms with Crippen LogP contribution in [0.5, 0.6) is 5.75 Å². The molecule has 1 N–H and O–H groups in total. The summed E-state index contributed by atoms with van der Waals surface area (Å²) in [5.74, 6) is 1.20. The second-order valence-corrected chi connectivity index (χ2v) is 7.95. The lowest BCUT2D eigenvalue weighted by molar-refractivity contribution is -0.116. The van der Waals surface area contributed by atoms with Crippen molar-refractivity contribution in [3.63, 3.8) is 0 Å². The number of rotatable bonds is 5. The summed E-state index contributed by atoms with van der Waals surface area (Å²) in [6.45, 7) is 4.16. The van der Waals surface area contributed by atoms with E-state index in [2.05, 4.69) is 11.4 Å². The maximum Gasteiger partial charge on any atom is 0.253 e. The van der Waals surface area contributed by atoms with Gasteiger partial charge in [-0.1, -0.05) is 6.92 Å². The minimum absolute atomic E-state index is 0.0246. The van der Waals surface area contributed by atoms with Crippen LogP contribution in [0.2, 0.25) is 0 Å². The zero-order valence-corrected chi connectivity index (χ0v) is 17.1. The Hall–Kier alpha value is -2.60. The van der Waals surface area contributed by atoms with Gasteiger partial charge in [0.05, 0.1) is 12.3 Å². The third-order valence-corrected chi connectivity index (χ3v) is 5.86. The first-order valence-electron chi connectivity index (χ1n) is 10.4. The number of ether oxygens (including phenoxy) is 2. The van der Waals surface area contributed by atoms with E-state index in [-0.39, 0.29) is 11.5 Å². The lowest BCUT2D eigenvalue weighted by atomic mass is 9.96. The van der Waals surface area contributed by atoms with E-state index in [1.54, 1.807) is 11.6 Å². The summed E-state index contributed by atoms with van der Waals surface area (Å²) in [6, 6.07) is 6.06. The number of benzene rings is 1. The fourth-order valence-corrected chi connectivity index (χ4v) is 4.06. The fraction of sp³-hybridized carbons (Fsp3) is 0.478. The summed E-state index contributed by atoms with van der Waals surface area (Å²) >= 11 is 0. The van der Waals surface area contributed by atoms with Gasteiger partial charge >= 0.3 is 0 Å². The van der Waals surface area contributed by atoms with Gasteiger partial charge in [0.2, 0.25) is 5.91 Å². The van der Waals surface area contributed by atoms with Crippen molar-refractivity contribution >= 4 is 11.6 Å². The summed E-state index contributed by atoms with van der Waals surface area (Å²) in [7, 11) is 1.78. The first-order chi connectivity index (χ1) is 14.0. The van der Waals surface area contributed by atoms with Gasteiger partial charge in [-0.15, -0.1) is 0 Å². The number of carbonyl (C=O) groups is 1. The van der Waals surface area contributed by atoms with Gasteiger partial charge in [-0.3, -0.25) is 9.59 Å². The van der Waals surface area contributed by atoms with Crippen LogP contribution in [0.15, 0.2) is 29.2 Å². The number of amides is 1. The molecule has 2 aliphatic heterocycles. The first-order valence-corrected chi connectivity index (χ1v) is 10.4. The molecule has 1 aromatic carbocycles. The van der Waals surface area contributed by atoms with Crippen molar-refractivity contribution < 1.29 is 14.3 Å². The highest BCUT2D eigenvalue weighted by atomic mass is 16.5. The Morgan fingerprint density at radius 2 is 1.93 bits per heavy atom. The number of aromatic nitrogens is 1. The lowest BCUT2D eigenvalue weighted by Crippen LogP contribution is -2.23. The number of fused-ring (bicyclic) bond motifs is 1. The Kier molecular flexibility index (Phi) is 5.72. The van der Waals surface area contributed by atoms with E-state index in [9.17, 15) is 9.59 Å². The Bertz CT molecular complexity index is 974. The molecule has 0 unspecified atom stereocenters. The van der Waals surface area contributed by atoms with Crippen molar-refractivity contribution in [2.24, 2.45) is 13.0 Å². The molecule has 1 aromatic heterocycles. The number of anilines is 1. The molecular weight excluding hydrogens is 368 g/mol. The van der Waals surface area contributed by atoms with Gasteiger partial charge in [-0.05, 0) is 66.5 Å². The van der Waals surface area contributed by atoms with E-state index in [0.717, 1.165) is 54.0 Å². The van der Waals surface area contributed by atoms with Crippen molar-refractivity contribution in [1.29, 1.82) is 0 Å². The van der Waals surface area contributed by atoms with Crippen LogP contribution in [0, 0.1) is 5.92 Å². The van der Waals surface area contributed by atoms with Crippen LogP contribution in [-0.4, -0.2) is 30.3 Å². The highest BCUT2D eigenvalue weighted by molar-refractivity contribution is 5.96. The van der Waals surface area contributed by atoms with Crippen molar-refractivity contribution in [2.75, 3.05) is 25.1 Å². The highest BCUT2D eigenvalue weighted by Gasteiger charge is 2.22. The van der Waals surface area contributed by atoms with E-state index in [4.69, 9.17) is 9.47 Å². The molecule has 3 heterocycles. The van der Waals surface area contributed by atoms with Crippen LogP contribution in [0.3, 0.4) is 0 Å². The molecule has 0 bridgehead atoms. The molecule has 2 aliphatic rings. The number of hydrogen-bond acceptors (Lipinski definition) is 4. The summed E-state index contributed by atoms with van der Waals surface area (Å²) < 4.78 is 13.3. The summed E-state index contributed by atoms with van der Waals surface area (Å²) in [5.41, 5.74) is 4.69. The standard InChI is InChI=1S/C23H28N2O4/c1-3-16-10-19(13-25(2)23(16)27)18-11-17-4-5-21(26)24-22(17)20(12-18)29-14-15-6-8-28-9-7-15/h10-13,15H,3-9,14H2,1-2H3,(H,24,26). The Morgan fingerprint density at radius 3 is 2.69 bits per heavy atom. The topological polar surface area (TPSA) is 69.6 Å². The Labute approximate surface area is 170 Å². The van der Waals surface area contributed by atoms with Gasteiger partial charge in [0.1, 0.15) is 5.75 Å². The van der Waals surface area contributed by atoms with Crippen molar-refractivity contribution in [2.45, 2.75) is 39.0 Å². The normalized spacial score (nSPS) is 17.0. The SMILES string of the molecule is CCc1cc(-c2cc3c(c(OCC4CCOCC4)c2)NC(=O)CC3)cn(C)c1=O. The van der Waals surface area contributed by atoms with E-state index in [0.29, 0.717) is 37.5 Å². The predicted octanol–water partition coefficient (Wildman–Crippen LogP) is 3.30. The zero-order valence-electron chi connectivity index (χ0n) is 17.1. The Balaban J connectivity index is 1.71. The number of aryl methyl sites for hydroxylation is 3. The van der Waals surface area contributed by atoms with Gasteiger partial charge in [-0.2, -0.15) is 0 Å². The summed E-state index contributed by atoms with van der Waals surface area (Å²) in [6.07, 6.45) is 5.71. The molecule has 6 nitrogen and oxygen atoms in total. The molecule has 29 heavy (non-hydrogen) atoms. The molecule has 0 atom stereocenters. The Morgan fingerprint density at radius 1 is 1.14 bits per heavy atom. The van der Waals surface area contributed by atoms with Gasteiger partial charge in [-0.25, -0.2) is 0 Å². The van der Waals surface area contributed by atoms with Gasteiger partial charge < -0.3 is 19.4 Å². The molecule has 0 aliphatic carbocycles. The molecule has 1 amide bonds. The largest absolute Gasteiger partial charge is 0.491 e. The molecule has 0 radical (unpaired) electrons. The van der Waals surface area contributed by atoms with Crippen LogP contribution in [0.4, 0.5) is 5.69 Å². The van der Waals surface area contributed by atoms with Crippen molar-refractivity contribution in [1.82, 2.24) is 4.57 Å². The van der Waals surface area contributed by atoms with Crippen molar-refractivity contribution in [3.05, 3.63) is 45.9 Å². The first kappa shape index (κ1) is 19.7. The highest BCUT2D eigenvalue weighted by Crippen LogP contribution is 2.38. The van der Waals surface area contributed by atoms with Crippen LogP contribution < -0.4 is 15.6 Å². The quantitative estimate of drug-likeness (QED) is 0.842. The maximum absolute atomic E-state index is 12.3. The predicted molar refractivity (Wildman–Crippen MR) is 112 cm³/mol. The van der Waals surface area contributed by atoms with Crippen molar-refractivity contribution in [3.8, 4) is 16.9 Å². The van der Waals surface area contributed by atoms with Crippen LogP contribution in [-0.2, 0) is 29.4 Å². The molecule has 0 saturated carbocycles. The minimum atomic E-state index is 0.0246. The zero-order chi connectivity index (χ0) is 20.4. The average Bonchev–Trinajstić information content (AvgIpc) is 2.74. The number of carbonyl (C=O) groups excluding carboxylic acids is 1. The molecule has 2 aromatic rings. The molecule has 154 valence electrons.